The lowest BCUT2D eigenvalue weighted by Crippen LogP contribution is -2.36. The van der Waals surface area contributed by atoms with E-state index in [9.17, 15) is 21.6 Å². The maximum absolute atomic E-state index is 15.1. The summed E-state index contributed by atoms with van der Waals surface area (Å²) in [6.45, 7) is 1.39. The zero-order valence-electron chi connectivity index (χ0n) is 20.9. The minimum Gasteiger partial charge on any atom is -0.493 e. The van der Waals surface area contributed by atoms with E-state index in [0.29, 0.717) is 56.7 Å². The average Bonchev–Trinajstić information content (AvgIpc) is 3.73. The Labute approximate surface area is 228 Å². The number of halogens is 5. The number of anilines is 1. The van der Waals surface area contributed by atoms with Crippen molar-refractivity contribution < 1.29 is 35.5 Å². The molecule has 2 atom stereocenters. The topological polar surface area (TPSA) is 84.1 Å². The molecule has 2 aromatic rings. The fraction of sp³-hybridized carbons (Fsp3) is 0.577. The zero-order valence-corrected chi connectivity index (χ0v) is 22.5. The van der Waals surface area contributed by atoms with Gasteiger partial charge >= 0.3 is 6.18 Å². The number of benzene rings is 1. The number of nitrogens with zero attached hydrogens (tertiary/aromatic N) is 2. The van der Waals surface area contributed by atoms with Crippen molar-refractivity contribution in [2.75, 3.05) is 24.6 Å². The predicted molar refractivity (Wildman–Crippen MR) is 136 cm³/mol. The number of alkyl halides is 3. The van der Waals surface area contributed by atoms with Gasteiger partial charge in [-0.1, -0.05) is 11.6 Å². The van der Waals surface area contributed by atoms with E-state index in [1.807, 2.05) is 0 Å². The highest BCUT2D eigenvalue weighted by Crippen LogP contribution is 2.48. The van der Waals surface area contributed by atoms with Crippen molar-refractivity contribution >= 4 is 27.4 Å². The third kappa shape index (κ3) is 5.98. The SMILES string of the molecule is O=S(=O)(NC1OC1c1cc(C2CC2)c(OCC2CCN(c3cc(C(F)(F)F)c(Cl)cn3)CC2)cc1F)C1CC1. The van der Waals surface area contributed by atoms with E-state index < -0.39 is 44.9 Å². The molecule has 7 nitrogen and oxygen atoms in total. The van der Waals surface area contributed by atoms with E-state index in [0.717, 1.165) is 30.7 Å². The van der Waals surface area contributed by atoms with E-state index in [1.54, 1.807) is 11.0 Å². The number of hydrogen-bond acceptors (Lipinski definition) is 6. The fourth-order valence-corrected chi connectivity index (χ4v) is 6.74. The first-order valence-electron chi connectivity index (χ1n) is 13.1. The number of ether oxygens (including phenoxy) is 2. The molecule has 2 aliphatic carbocycles. The van der Waals surface area contributed by atoms with E-state index >= 15 is 4.39 Å². The van der Waals surface area contributed by atoms with Gasteiger partial charge in [-0.15, -0.1) is 0 Å². The predicted octanol–water partition coefficient (Wildman–Crippen LogP) is 5.54. The van der Waals surface area contributed by atoms with Crippen molar-refractivity contribution in [3.63, 3.8) is 0 Å². The van der Waals surface area contributed by atoms with Gasteiger partial charge in [0.2, 0.25) is 10.0 Å². The lowest BCUT2D eigenvalue weighted by Gasteiger charge is -2.33. The summed E-state index contributed by atoms with van der Waals surface area (Å²) >= 11 is 5.69. The van der Waals surface area contributed by atoms with Gasteiger partial charge in [-0.05, 0) is 68.1 Å². The molecular formula is C26H28ClF4N3O4S. The van der Waals surface area contributed by atoms with Crippen LogP contribution in [0.1, 0.15) is 67.2 Å². The van der Waals surface area contributed by atoms with Crippen molar-refractivity contribution in [3.8, 4) is 5.75 Å². The van der Waals surface area contributed by atoms with E-state index in [1.165, 1.54) is 6.07 Å². The summed E-state index contributed by atoms with van der Waals surface area (Å²) in [7, 11) is -3.44. The van der Waals surface area contributed by atoms with Crippen LogP contribution in [0.2, 0.25) is 5.02 Å². The van der Waals surface area contributed by atoms with Crippen molar-refractivity contribution in [2.45, 2.75) is 68.2 Å². The molecule has 3 heterocycles. The zero-order chi connectivity index (χ0) is 27.5. The molecule has 2 saturated carbocycles. The molecule has 0 spiro atoms. The second kappa shape index (κ2) is 10.0. The molecule has 0 amide bonds. The van der Waals surface area contributed by atoms with Crippen LogP contribution < -0.4 is 14.4 Å². The van der Waals surface area contributed by atoms with Gasteiger partial charge in [-0.2, -0.15) is 17.9 Å². The number of hydrogen-bond donors (Lipinski definition) is 1. The summed E-state index contributed by atoms with van der Waals surface area (Å²) in [5, 5.41) is -0.806. The second-order valence-corrected chi connectivity index (χ2v) is 13.2. The maximum atomic E-state index is 15.1. The quantitative estimate of drug-likeness (QED) is 0.305. The molecule has 2 saturated heterocycles. The summed E-state index contributed by atoms with van der Waals surface area (Å²) in [5.74, 6) is 0.626. The van der Waals surface area contributed by atoms with Crippen molar-refractivity contribution in [1.29, 1.82) is 0 Å². The first-order chi connectivity index (χ1) is 18.5. The Morgan fingerprint density at radius 3 is 2.44 bits per heavy atom. The van der Waals surface area contributed by atoms with Crippen LogP contribution in [0.5, 0.6) is 5.75 Å². The molecular weight excluding hydrogens is 562 g/mol. The van der Waals surface area contributed by atoms with Gasteiger partial charge in [0.15, 0.2) is 6.23 Å². The molecule has 1 aromatic carbocycles. The molecule has 4 fully saturated rings. The summed E-state index contributed by atoms with van der Waals surface area (Å²) in [4.78, 5) is 5.88. The smallest absolute Gasteiger partial charge is 0.418 e. The molecule has 2 unspecified atom stereocenters. The molecule has 212 valence electrons. The van der Waals surface area contributed by atoms with Crippen molar-refractivity contribution in [1.82, 2.24) is 9.71 Å². The summed E-state index contributed by atoms with van der Waals surface area (Å²) in [6.07, 6.45) is -0.359. The van der Waals surface area contributed by atoms with E-state index in [2.05, 4.69) is 9.71 Å². The standard InChI is InChI=1S/C26H28ClF4N3O4S/c27-20-12-32-23(10-19(20)26(29,30)31)34-7-5-14(6-8-34)13-37-22-11-21(28)18(9-17(22)15-1-2-15)24-25(38-24)33-39(35,36)16-3-4-16/h9-12,14-16,24-25,33H,1-8,13H2. The fourth-order valence-electron chi connectivity index (χ4n) is 5.07. The van der Waals surface area contributed by atoms with E-state index in [-0.39, 0.29) is 22.9 Å². The molecule has 0 bridgehead atoms. The van der Waals surface area contributed by atoms with Gasteiger partial charge in [0.25, 0.3) is 0 Å². The third-order valence-electron chi connectivity index (χ3n) is 7.75. The van der Waals surface area contributed by atoms with Gasteiger partial charge in [-0.3, -0.25) is 0 Å². The maximum Gasteiger partial charge on any atom is 0.418 e. The summed E-state index contributed by atoms with van der Waals surface area (Å²) in [6, 6.07) is 4.09. The van der Waals surface area contributed by atoms with Gasteiger partial charge in [0.05, 0.1) is 22.4 Å². The normalized spacial score (nSPS) is 24.2. The number of rotatable bonds is 9. The Morgan fingerprint density at radius 1 is 1.08 bits per heavy atom. The molecule has 13 heteroatoms. The lowest BCUT2D eigenvalue weighted by molar-refractivity contribution is -0.137. The Bertz CT molecular complexity index is 1360. The first kappa shape index (κ1) is 27.0. The summed E-state index contributed by atoms with van der Waals surface area (Å²) < 4.78 is 93.2. The first-order valence-corrected chi connectivity index (χ1v) is 15.0. The molecule has 4 aliphatic rings. The second-order valence-electron chi connectivity index (χ2n) is 10.8. The third-order valence-corrected chi connectivity index (χ3v) is 9.96. The Kier molecular flexibility index (Phi) is 6.96. The molecule has 6 rings (SSSR count). The molecule has 2 aliphatic heterocycles. The van der Waals surface area contributed by atoms with Crippen LogP contribution in [0.25, 0.3) is 0 Å². The number of aromatic nitrogens is 1. The molecule has 1 N–H and O–H groups in total. The minimum absolute atomic E-state index is 0.151. The average molecular weight is 590 g/mol. The Hall–Kier alpha value is -2.15. The highest BCUT2D eigenvalue weighted by Gasteiger charge is 2.48. The van der Waals surface area contributed by atoms with Crippen LogP contribution in [0, 0.1) is 11.7 Å². The van der Waals surface area contributed by atoms with Gasteiger partial charge in [0.1, 0.15) is 23.5 Å². The van der Waals surface area contributed by atoms with Crippen molar-refractivity contribution in [3.05, 3.63) is 51.9 Å². The minimum atomic E-state index is -4.55. The van der Waals surface area contributed by atoms with Crippen LogP contribution in [0.15, 0.2) is 24.4 Å². The largest absolute Gasteiger partial charge is 0.493 e. The monoisotopic (exact) mass is 589 g/mol. The number of nitrogens with one attached hydrogen (secondary N) is 1. The number of sulfonamides is 1. The Balaban J connectivity index is 1.07. The van der Waals surface area contributed by atoms with Crippen LogP contribution in [-0.2, 0) is 20.9 Å². The van der Waals surface area contributed by atoms with Gasteiger partial charge < -0.3 is 14.4 Å². The molecule has 39 heavy (non-hydrogen) atoms. The highest BCUT2D eigenvalue weighted by atomic mass is 35.5. The summed E-state index contributed by atoms with van der Waals surface area (Å²) in [5.41, 5.74) is 0.323. The highest BCUT2D eigenvalue weighted by molar-refractivity contribution is 7.90. The molecule has 1 aromatic heterocycles. The number of piperidine rings is 1. The number of epoxide rings is 1. The van der Waals surface area contributed by atoms with Crippen LogP contribution in [0.4, 0.5) is 23.4 Å². The van der Waals surface area contributed by atoms with Crippen LogP contribution in [-0.4, -0.2) is 44.6 Å². The van der Waals surface area contributed by atoms with Crippen LogP contribution in [0.3, 0.4) is 0 Å². The van der Waals surface area contributed by atoms with Crippen LogP contribution >= 0.6 is 11.6 Å². The van der Waals surface area contributed by atoms with Gasteiger partial charge in [0, 0.05) is 30.9 Å². The molecule has 0 radical (unpaired) electrons. The van der Waals surface area contributed by atoms with Crippen molar-refractivity contribution in [2.24, 2.45) is 5.92 Å². The van der Waals surface area contributed by atoms with Gasteiger partial charge in [-0.25, -0.2) is 17.8 Å². The lowest BCUT2D eigenvalue weighted by atomic mass is 9.97. The number of pyridine rings is 1. The Morgan fingerprint density at radius 2 is 1.79 bits per heavy atom. The van der Waals surface area contributed by atoms with E-state index in [4.69, 9.17) is 21.1 Å².